The van der Waals surface area contributed by atoms with Crippen LogP contribution in [0, 0.1) is 17.8 Å². The number of carbonyl (C=O) groups is 1. The van der Waals surface area contributed by atoms with Gasteiger partial charge in [-0.3, -0.25) is 19.7 Å². The Bertz CT molecular complexity index is 712. The zero-order chi connectivity index (χ0) is 17.1. The number of hydrogen-bond donors (Lipinski definition) is 1. The molecule has 0 spiro atoms. The largest absolute Gasteiger partial charge is 0.380 e. The van der Waals surface area contributed by atoms with Gasteiger partial charge in [0.2, 0.25) is 5.91 Å². The Morgan fingerprint density at radius 1 is 1.20 bits per heavy atom. The molecule has 2 fully saturated rings. The van der Waals surface area contributed by atoms with Crippen molar-refractivity contribution < 1.29 is 9.53 Å². The Morgan fingerprint density at radius 3 is 2.96 bits per heavy atom. The first-order chi connectivity index (χ1) is 12.3. The highest BCUT2D eigenvalue weighted by Gasteiger charge is 2.43. The highest BCUT2D eigenvalue weighted by Crippen LogP contribution is 2.35. The highest BCUT2D eigenvalue weighted by atomic mass is 16.5. The molecule has 2 aliphatic heterocycles. The number of nitrogens with zero attached hydrogens (tertiary/aromatic N) is 4. The first kappa shape index (κ1) is 16.1. The fraction of sp³-hybridized carbons (Fsp3) is 0.444. The predicted octanol–water partition coefficient (Wildman–Crippen LogP) is 1.20. The number of fused-ring (bicyclic) bond motifs is 1. The second-order valence-corrected chi connectivity index (χ2v) is 6.66. The molecule has 0 aromatic carbocycles. The lowest BCUT2D eigenvalue weighted by Crippen LogP contribution is -2.42. The monoisotopic (exact) mass is 339 g/mol. The van der Waals surface area contributed by atoms with Crippen LogP contribution in [0.3, 0.4) is 0 Å². The van der Waals surface area contributed by atoms with E-state index in [1.165, 1.54) is 0 Å². The van der Waals surface area contributed by atoms with E-state index in [1.54, 1.807) is 18.6 Å². The first-order valence-corrected chi connectivity index (χ1v) is 8.56. The van der Waals surface area contributed by atoms with Crippen molar-refractivity contribution in [3.8, 4) is 0 Å². The van der Waals surface area contributed by atoms with Gasteiger partial charge >= 0.3 is 0 Å². The molecule has 130 valence electrons. The predicted molar refractivity (Wildman–Crippen MR) is 91.5 cm³/mol. The summed E-state index contributed by atoms with van der Waals surface area (Å²) in [6.07, 6.45) is 6.53. The van der Waals surface area contributed by atoms with Crippen LogP contribution in [-0.4, -0.2) is 52.1 Å². The van der Waals surface area contributed by atoms with E-state index < -0.39 is 0 Å². The molecule has 0 unspecified atom stereocenters. The summed E-state index contributed by atoms with van der Waals surface area (Å²) in [4.78, 5) is 27.6. The number of pyridine rings is 1. The summed E-state index contributed by atoms with van der Waals surface area (Å²) in [7, 11) is 0. The molecule has 7 nitrogen and oxygen atoms in total. The van der Waals surface area contributed by atoms with Crippen molar-refractivity contribution in [1.82, 2.24) is 19.9 Å². The molecule has 1 N–H and O–H groups in total. The number of amides is 1. The lowest BCUT2D eigenvalue weighted by molar-refractivity contribution is -0.128. The average Bonchev–Trinajstić information content (AvgIpc) is 3.05. The number of hydrogen-bond acceptors (Lipinski definition) is 6. The van der Waals surface area contributed by atoms with Crippen LogP contribution in [0.15, 0.2) is 43.0 Å². The van der Waals surface area contributed by atoms with Crippen LogP contribution in [0.5, 0.6) is 0 Å². The molecule has 2 aliphatic rings. The van der Waals surface area contributed by atoms with Gasteiger partial charge in [0.05, 0.1) is 31.0 Å². The molecule has 2 aromatic rings. The summed E-state index contributed by atoms with van der Waals surface area (Å²) in [6.45, 7) is 3.83. The average molecular weight is 339 g/mol. The summed E-state index contributed by atoms with van der Waals surface area (Å²) in [5.41, 5.74) is 1.06. The van der Waals surface area contributed by atoms with Gasteiger partial charge in [0, 0.05) is 38.2 Å². The van der Waals surface area contributed by atoms with Gasteiger partial charge in [0.15, 0.2) is 5.82 Å². The molecule has 0 bridgehead atoms. The van der Waals surface area contributed by atoms with Crippen LogP contribution in [0.4, 0.5) is 5.82 Å². The van der Waals surface area contributed by atoms with Gasteiger partial charge < -0.3 is 10.1 Å². The molecule has 0 aliphatic carbocycles. The Kier molecular flexibility index (Phi) is 4.67. The molecular formula is C18H21N5O2. The third-order valence-corrected chi connectivity index (χ3v) is 4.98. The Balaban J connectivity index is 1.41. The van der Waals surface area contributed by atoms with Crippen molar-refractivity contribution in [3.05, 3.63) is 48.7 Å². The third kappa shape index (κ3) is 3.67. The van der Waals surface area contributed by atoms with Gasteiger partial charge in [-0.15, -0.1) is 0 Å². The van der Waals surface area contributed by atoms with Gasteiger partial charge in [-0.25, -0.2) is 4.98 Å². The van der Waals surface area contributed by atoms with Crippen molar-refractivity contribution in [2.24, 2.45) is 17.8 Å². The van der Waals surface area contributed by atoms with E-state index in [1.807, 2.05) is 24.4 Å². The second kappa shape index (κ2) is 7.25. The van der Waals surface area contributed by atoms with Crippen LogP contribution in [-0.2, 0) is 16.1 Å². The SMILES string of the molecule is O=C(Nc1cnccn1)[C@@H]1COC[C@@H]2CN(Cc3ccccn3)C[C@@H]21. The number of likely N-dealkylation sites (tertiary alicyclic amines) is 1. The van der Waals surface area contributed by atoms with Gasteiger partial charge in [-0.1, -0.05) is 6.07 Å². The first-order valence-electron chi connectivity index (χ1n) is 8.56. The Hall–Kier alpha value is -2.38. The molecule has 7 heteroatoms. The van der Waals surface area contributed by atoms with Crippen molar-refractivity contribution >= 4 is 11.7 Å². The fourth-order valence-electron chi connectivity index (χ4n) is 3.79. The Labute approximate surface area is 146 Å². The molecule has 3 atom stereocenters. The number of nitrogens with one attached hydrogen (secondary N) is 1. The standard InChI is InChI=1S/C18H21N5O2/c24-18(22-17-7-19-5-6-21-17)16-12-25-11-13-8-23(10-15(13)16)9-14-3-1-2-4-20-14/h1-7,13,15-16H,8-12H2,(H,21,22,24)/t13-,15-,16+/m0/s1. The Morgan fingerprint density at radius 2 is 2.16 bits per heavy atom. The summed E-state index contributed by atoms with van der Waals surface area (Å²) in [6, 6.07) is 5.97. The normalized spacial score (nSPS) is 26.2. The number of rotatable bonds is 4. The molecule has 4 rings (SSSR count). The van der Waals surface area contributed by atoms with E-state index >= 15 is 0 Å². The summed E-state index contributed by atoms with van der Waals surface area (Å²) in [5, 5.41) is 2.87. The minimum absolute atomic E-state index is 0.0325. The number of anilines is 1. The molecule has 2 aromatic heterocycles. The van der Waals surface area contributed by atoms with Crippen LogP contribution >= 0.6 is 0 Å². The third-order valence-electron chi connectivity index (χ3n) is 4.98. The molecule has 1 amide bonds. The van der Waals surface area contributed by atoms with Crippen LogP contribution in [0.1, 0.15) is 5.69 Å². The van der Waals surface area contributed by atoms with E-state index in [0.29, 0.717) is 24.3 Å². The smallest absolute Gasteiger partial charge is 0.231 e. The van der Waals surface area contributed by atoms with E-state index in [-0.39, 0.29) is 11.8 Å². The van der Waals surface area contributed by atoms with Gasteiger partial charge in [-0.05, 0) is 24.0 Å². The number of carbonyl (C=O) groups excluding carboxylic acids is 1. The molecule has 0 radical (unpaired) electrons. The van der Waals surface area contributed by atoms with Crippen LogP contribution < -0.4 is 5.32 Å². The van der Waals surface area contributed by atoms with Crippen molar-refractivity contribution in [3.63, 3.8) is 0 Å². The highest BCUT2D eigenvalue weighted by molar-refractivity contribution is 5.92. The number of ether oxygens (including phenoxy) is 1. The lowest BCUT2D eigenvalue weighted by Gasteiger charge is -2.31. The molecular weight excluding hydrogens is 318 g/mol. The second-order valence-electron chi connectivity index (χ2n) is 6.66. The maximum atomic E-state index is 12.7. The van der Waals surface area contributed by atoms with Gasteiger partial charge in [-0.2, -0.15) is 0 Å². The molecule has 0 saturated carbocycles. The number of aromatic nitrogens is 3. The molecule has 4 heterocycles. The van der Waals surface area contributed by atoms with E-state index in [0.717, 1.165) is 31.9 Å². The zero-order valence-electron chi connectivity index (χ0n) is 13.9. The van der Waals surface area contributed by atoms with Crippen LogP contribution in [0.2, 0.25) is 0 Å². The minimum Gasteiger partial charge on any atom is -0.380 e. The van der Waals surface area contributed by atoms with Gasteiger partial charge in [0.1, 0.15) is 0 Å². The summed E-state index contributed by atoms with van der Waals surface area (Å²) < 4.78 is 5.71. The van der Waals surface area contributed by atoms with Crippen LogP contribution in [0.25, 0.3) is 0 Å². The van der Waals surface area contributed by atoms with Gasteiger partial charge in [0.25, 0.3) is 0 Å². The van der Waals surface area contributed by atoms with E-state index in [2.05, 4.69) is 25.2 Å². The fourth-order valence-corrected chi connectivity index (χ4v) is 3.79. The van der Waals surface area contributed by atoms with E-state index in [9.17, 15) is 4.79 Å². The summed E-state index contributed by atoms with van der Waals surface area (Å²) >= 11 is 0. The van der Waals surface area contributed by atoms with Crippen molar-refractivity contribution in [2.75, 3.05) is 31.6 Å². The van der Waals surface area contributed by atoms with E-state index in [4.69, 9.17) is 4.74 Å². The molecule has 2 saturated heterocycles. The maximum absolute atomic E-state index is 12.7. The van der Waals surface area contributed by atoms with Crippen molar-refractivity contribution in [1.29, 1.82) is 0 Å². The summed E-state index contributed by atoms with van der Waals surface area (Å²) in [5.74, 6) is 0.978. The zero-order valence-corrected chi connectivity index (χ0v) is 13.9. The minimum atomic E-state index is -0.158. The van der Waals surface area contributed by atoms with Crippen molar-refractivity contribution in [2.45, 2.75) is 6.54 Å². The maximum Gasteiger partial charge on any atom is 0.231 e. The topological polar surface area (TPSA) is 80.2 Å². The quantitative estimate of drug-likeness (QED) is 0.902. The lowest BCUT2D eigenvalue weighted by atomic mass is 9.82. The molecule has 25 heavy (non-hydrogen) atoms.